The maximum Gasteiger partial charge on any atom is 0.262 e. The van der Waals surface area contributed by atoms with Gasteiger partial charge in [-0.15, -0.1) is 12.4 Å². The summed E-state index contributed by atoms with van der Waals surface area (Å²) >= 11 is 0. The van der Waals surface area contributed by atoms with Gasteiger partial charge in [-0.3, -0.25) is 10.1 Å². The molecule has 1 aliphatic heterocycles. The maximum atomic E-state index is 12.9. The number of aliphatic hydroxyl groups excluding tert-OH is 1. The second kappa shape index (κ2) is 7.11. The summed E-state index contributed by atoms with van der Waals surface area (Å²) in [6.45, 7) is -0.639. The zero-order valence-corrected chi connectivity index (χ0v) is 11.8. The topological polar surface area (TPSA) is 61.4 Å². The Labute approximate surface area is 126 Å². The van der Waals surface area contributed by atoms with Crippen molar-refractivity contribution in [2.75, 3.05) is 13.1 Å². The number of carbonyl (C=O) groups is 1. The summed E-state index contributed by atoms with van der Waals surface area (Å²) in [5.41, 5.74) is 0.441. The third-order valence-electron chi connectivity index (χ3n) is 3.15. The first-order valence-electron chi connectivity index (χ1n) is 6.20. The monoisotopic (exact) mass is 324 g/mol. The molecule has 1 aliphatic rings. The summed E-state index contributed by atoms with van der Waals surface area (Å²) in [5.74, 6) is -3.89. The van der Waals surface area contributed by atoms with Crippen LogP contribution in [-0.4, -0.2) is 36.1 Å². The number of hydrogen-bond donors (Lipinski definition) is 3. The van der Waals surface area contributed by atoms with Gasteiger partial charge in [0.1, 0.15) is 5.82 Å². The highest BCUT2D eigenvalue weighted by Crippen LogP contribution is 2.25. The number of alkyl halides is 2. The molecule has 118 valence electrons. The Bertz CT molecular complexity index is 485. The van der Waals surface area contributed by atoms with Crippen LogP contribution in [0.15, 0.2) is 24.3 Å². The SMILES string of the molecule is Cl.O=C(NCC(O)c1ccc(F)cc1)C1CC(F)(F)CN1. The van der Waals surface area contributed by atoms with Crippen LogP contribution in [0.1, 0.15) is 18.1 Å². The second-order valence-electron chi connectivity index (χ2n) is 4.81. The van der Waals surface area contributed by atoms with E-state index in [1.54, 1.807) is 0 Å². The maximum absolute atomic E-state index is 12.9. The molecule has 1 amide bonds. The first-order chi connectivity index (χ1) is 9.37. The van der Waals surface area contributed by atoms with Gasteiger partial charge in [0.05, 0.1) is 18.7 Å². The first kappa shape index (κ1) is 17.7. The predicted octanol–water partition coefficient (Wildman–Crippen LogP) is 1.39. The van der Waals surface area contributed by atoms with Gasteiger partial charge in [-0.2, -0.15) is 0 Å². The van der Waals surface area contributed by atoms with Crippen molar-refractivity contribution in [1.29, 1.82) is 0 Å². The van der Waals surface area contributed by atoms with E-state index in [4.69, 9.17) is 0 Å². The van der Waals surface area contributed by atoms with Crippen LogP contribution in [0.5, 0.6) is 0 Å². The molecule has 0 aliphatic carbocycles. The molecule has 0 aromatic heterocycles. The smallest absolute Gasteiger partial charge is 0.262 e. The predicted molar refractivity (Wildman–Crippen MR) is 73.0 cm³/mol. The van der Waals surface area contributed by atoms with E-state index in [-0.39, 0.29) is 19.0 Å². The molecule has 0 saturated carbocycles. The van der Waals surface area contributed by atoms with Gasteiger partial charge in [-0.25, -0.2) is 13.2 Å². The van der Waals surface area contributed by atoms with Crippen molar-refractivity contribution in [3.05, 3.63) is 35.6 Å². The highest BCUT2D eigenvalue weighted by molar-refractivity contribution is 5.85. The molecule has 0 radical (unpaired) electrons. The molecule has 2 unspecified atom stereocenters. The van der Waals surface area contributed by atoms with Gasteiger partial charge in [0.25, 0.3) is 5.92 Å². The zero-order valence-electron chi connectivity index (χ0n) is 11.0. The number of benzene rings is 1. The van der Waals surface area contributed by atoms with Crippen LogP contribution in [0, 0.1) is 5.82 Å². The van der Waals surface area contributed by atoms with Crippen molar-refractivity contribution in [2.45, 2.75) is 24.5 Å². The summed E-state index contributed by atoms with van der Waals surface area (Å²) in [6, 6.07) is 4.23. The number of nitrogens with one attached hydrogen (secondary N) is 2. The number of hydrogen-bond acceptors (Lipinski definition) is 3. The number of amides is 1. The molecular weight excluding hydrogens is 309 g/mol. The Morgan fingerprint density at radius 2 is 2.05 bits per heavy atom. The lowest BCUT2D eigenvalue weighted by Gasteiger charge is -2.15. The van der Waals surface area contributed by atoms with E-state index in [2.05, 4.69) is 10.6 Å². The van der Waals surface area contributed by atoms with Crippen LogP contribution in [0.25, 0.3) is 0 Å². The van der Waals surface area contributed by atoms with Gasteiger partial charge in [-0.05, 0) is 17.7 Å². The molecule has 2 rings (SSSR count). The summed E-state index contributed by atoms with van der Waals surface area (Å²) < 4.78 is 38.6. The number of halogens is 4. The Kier molecular flexibility index (Phi) is 6.00. The Morgan fingerprint density at radius 1 is 1.43 bits per heavy atom. The molecular formula is C13H16ClF3N2O2. The lowest BCUT2D eigenvalue weighted by atomic mass is 10.1. The van der Waals surface area contributed by atoms with Crippen molar-refractivity contribution in [2.24, 2.45) is 0 Å². The second-order valence-corrected chi connectivity index (χ2v) is 4.81. The number of carbonyl (C=O) groups excluding carboxylic acids is 1. The number of aliphatic hydroxyl groups is 1. The van der Waals surface area contributed by atoms with E-state index in [0.717, 1.165) is 0 Å². The van der Waals surface area contributed by atoms with E-state index < -0.39 is 42.8 Å². The van der Waals surface area contributed by atoms with Gasteiger partial charge in [-0.1, -0.05) is 12.1 Å². The summed E-state index contributed by atoms with van der Waals surface area (Å²) in [5, 5.41) is 14.6. The fourth-order valence-corrected chi connectivity index (χ4v) is 2.02. The molecule has 0 spiro atoms. The van der Waals surface area contributed by atoms with Crippen LogP contribution >= 0.6 is 12.4 Å². The van der Waals surface area contributed by atoms with Gasteiger partial charge < -0.3 is 10.4 Å². The van der Waals surface area contributed by atoms with Crippen LogP contribution in [0.3, 0.4) is 0 Å². The minimum atomic E-state index is -2.88. The average molecular weight is 325 g/mol. The van der Waals surface area contributed by atoms with E-state index in [1.807, 2.05) is 0 Å². The lowest BCUT2D eigenvalue weighted by Crippen LogP contribution is -2.41. The van der Waals surface area contributed by atoms with Crippen molar-refractivity contribution in [3.63, 3.8) is 0 Å². The lowest BCUT2D eigenvalue weighted by molar-refractivity contribution is -0.123. The minimum absolute atomic E-state index is 0. The van der Waals surface area contributed by atoms with Gasteiger partial charge in [0.15, 0.2) is 0 Å². The third-order valence-corrected chi connectivity index (χ3v) is 3.15. The average Bonchev–Trinajstić information content (AvgIpc) is 2.77. The third kappa shape index (κ3) is 4.87. The zero-order chi connectivity index (χ0) is 14.8. The Hall–Kier alpha value is -1.31. The summed E-state index contributed by atoms with van der Waals surface area (Å²) in [6.07, 6.45) is -1.56. The Balaban J connectivity index is 0.00000220. The van der Waals surface area contributed by atoms with E-state index in [1.165, 1.54) is 24.3 Å². The molecule has 0 bridgehead atoms. The standard InChI is InChI=1S/C13H15F3N2O2.ClH/c14-9-3-1-8(2-4-9)11(19)6-17-12(20)10-5-13(15,16)7-18-10;/h1-4,10-11,18-19H,5-7H2,(H,17,20);1H. The molecule has 21 heavy (non-hydrogen) atoms. The van der Waals surface area contributed by atoms with Crippen LogP contribution in [0.4, 0.5) is 13.2 Å². The van der Waals surface area contributed by atoms with Gasteiger partial charge in [0.2, 0.25) is 5.91 Å². The van der Waals surface area contributed by atoms with Crippen molar-refractivity contribution < 1.29 is 23.1 Å². The fourth-order valence-electron chi connectivity index (χ4n) is 2.02. The molecule has 1 heterocycles. The van der Waals surface area contributed by atoms with Crippen molar-refractivity contribution in [3.8, 4) is 0 Å². The molecule has 1 aromatic carbocycles. The summed E-state index contributed by atoms with van der Waals surface area (Å²) in [7, 11) is 0. The highest BCUT2D eigenvalue weighted by atomic mass is 35.5. The van der Waals surface area contributed by atoms with Crippen LogP contribution in [0.2, 0.25) is 0 Å². The molecule has 4 nitrogen and oxygen atoms in total. The van der Waals surface area contributed by atoms with Crippen LogP contribution < -0.4 is 10.6 Å². The molecule has 3 N–H and O–H groups in total. The summed E-state index contributed by atoms with van der Waals surface area (Å²) in [4.78, 5) is 11.6. The van der Waals surface area contributed by atoms with E-state index in [9.17, 15) is 23.1 Å². The first-order valence-corrected chi connectivity index (χ1v) is 6.20. The van der Waals surface area contributed by atoms with Crippen LogP contribution in [-0.2, 0) is 4.79 Å². The molecule has 8 heteroatoms. The quantitative estimate of drug-likeness (QED) is 0.784. The molecule has 1 saturated heterocycles. The largest absolute Gasteiger partial charge is 0.387 e. The normalized spacial score (nSPS) is 21.4. The Morgan fingerprint density at radius 3 is 2.57 bits per heavy atom. The molecule has 1 fully saturated rings. The van der Waals surface area contributed by atoms with Gasteiger partial charge in [0, 0.05) is 13.0 Å². The molecule has 1 aromatic rings. The van der Waals surface area contributed by atoms with Crippen molar-refractivity contribution in [1.82, 2.24) is 10.6 Å². The minimum Gasteiger partial charge on any atom is -0.387 e. The van der Waals surface area contributed by atoms with Gasteiger partial charge >= 0.3 is 0 Å². The fraction of sp³-hybridized carbons (Fsp3) is 0.462. The highest BCUT2D eigenvalue weighted by Gasteiger charge is 2.42. The van der Waals surface area contributed by atoms with Crippen molar-refractivity contribution >= 4 is 18.3 Å². The molecule has 2 atom stereocenters. The van der Waals surface area contributed by atoms with E-state index >= 15 is 0 Å². The number of rotatable bonds is 4. The van der Waals surface area contributed by atoms with E-state index in [0.29, 0.717) is 5.56 Å².